The van der Waals surface area contributed by atoms with Crippen molar-refractivity contribution >= 4 is 17.4 Å². The van der Waals surface area contributed by atoms with Gasteiger partial charge in [-0.2, -0.15) is 0 Å². The molecule has 2 aliphatic heterocycles. The summed E-state index contributed by atoms with van der Waals surface area (Å²) < 4.78 is 26.3. The summed E-state index contributed by atoms with van der Waals surface area (Å²) >= 11 is 1.28. The molecular formula is C11H9F2NS. The minimum atomic E-state index is -2.34. The molecule has 0 aliphatic carbocycles. The van der Waals surface area contributed by atoms with E-state index in [1.54, 1.807) is 11.1 Å². The first-order chi connectivity index (χ1) is 7.24. The van der Waals surface area contributed by atoms with Crippen LogP contribution in [0, 0.1) is 0 Å². The lowest BCUT2D eigenvalue weighted by Crippen LogP contribution is -2.42. The molecule has 0 amide bonds. The Morgan fingerprint density at radius 1 is 1.33 bits per heavy atom. The highest BCUT2D eigenvalue weighted by Crippen LogP contribution is 2.56. The van der Waals surface area contributed by atoms with Gasteiger partial charge in [0.1, 0.15) is 0 Å². The highest BCUT2D eigenvalue weighted by Gasteiger charge is 2.52. The standard InChI is InChI=1S/C11H9F2NS/c12-10(13)11-6-3-7-14(11)8-4-1-2-5-9(8)15-11/h1-5,7,10H,6H2. The molecule has 1 nitrogen and oxygen atoms in total. The summed E-state index contributed by atoms with van der Waals surface area (Å²) in [5.41, 5.74) is 0.900. The Kier molecular flexibility index (Phi) is 1.83. The highest BCUT2D eigenvalue weighted by atomic mass is 32.2. The zero-order chi connectivity index (χ0) is 10.5. The van der Waals surface area contributed by atoms with Crippen LogP contribution in [0.5, 0.6) is 0 Å². The van der Waals surface area contributed by atoms with Crippen molar-refractivity contribution in [2.75, 3.05) is 4.90 Å². The number of rotatable bonds is 1. The van der Waals surface area contributed by atoms with Gasteiger partial charge in [0.05, 0.1) is 5.69 Å². The number of para-hydroxylation sites is 1. The summed E-state index contributed by atoms with van der Waals surface area (Å²) in [5.74, 6) is 0. The van der Waals surface area contributed by atoms with Crippen molar-refractivity contribution in [2.45, 2.75) is 22.6 Å². The molecule has 15 heavy (non-hydrogen) atoms. The Labute approximate surface area is 90.8 Å². The van der Waals surface area contributed by atoms with Crippen molar-refractivity contribution in [1.29, 1.82) is 0 Å². The van der Waals surface area contributed by atoms with Crippen LogP contribution in [0.4, 0.5) is 14.5 Å². The first kappa shape index (κ1) is 9.21. The predicted octanol–water partition coefficient (Wildman–Crippen LogP) is 3.48. The van der Waals surface area contributed by atoms with E-state index >= 15 is 0 Å². The summed E-state index contributed by atoms with van der Waals surface area (Å²) in [6, 6.07) is 7.56. The molecule has 78 valence electrons. The minimum absolute atomic E-state index is 0.407. The van der Waals surface area contributed by atoms with Crippen LogP contribution < -0.4 is 4.90 Å². The topological polar surface area (TPSA) is 3.24 Å². The van der Waals surface area contributed by atoms with Crippen LogP contribution in [0.2, 0.25) is 0 Å². The third-order valence-corrected chi connectivity index (χ3v) is 4.29. The third-order valence-electron chi connectivity index (χ3n) is 2.83. The molecule has 0 saturated carbocycles. The van der Waals surface area contributed by atoms with Gasteiger partial charge in [-0.25, -0.2) is 8.78 Å². The van der Waals surface area contributed by atoms with Gasteiger partial charge in [0.15, 0.2) is 4.87 Å². The number of hydrogen-bond donors (Lipinski definition) is 0. The van der Waals surface area contributed by atoms with Gasteiger partial charge in [0.2, 0.25) is 0 Å². The number of benzene rings is 1. The van der Waals surface area contributed by atoms with Crippen LogP contribution in [0.25, 0.3) is 0 Å². The van der Waals surface area contributed by atoms with Gasteiger partial charge in [-0.3, -0.25) is 0 Å². The van der Waals surface area contributed by atoms with E-state index in [9.17, 15) is 8.78 Å². The molecule has 0 spiro atoms. The van der Waals surface area contributed by atoms with E-state index in [1.165, 1.54) is 11.8 Å². The summed E-state index contributed by atoms with van der Waals surface area (Å²) in [6.45, 7) is 0. The minimum Gasteiger partial charge on any atom is -0.326 e. The zero-order valence-corrected chi connectivity index (χ0v) is 8.68. The van der Waals surface area contributed by atoms with Gasteiger partial charge in [0, 0.05) is 17.5 Å². The Morgan fingerprint density at radius 2 is 2.13 bits per heavy atom. The first-order valence-electron chi connectivity index (χ1n) is 4.76. The summed E-state index contributed by atoms with van der Waals surface area (Å²) in [7, 11) is 0. The Bertz CT molecular complexity index is 432. The van der Waals surface area contributed by atoms with E-state index in [0.29, 0.717) is 6.42 Å². The molecule has 1 aromatic carbocycles. The molecular weight excluding hydrogens is 216 g/mol. The van der Waals surface area contributed by atoms with E-state index in [4.69, 9.17) is 0 Å². The molecule has 3 rings (SSSR count). The second-order valence-corrected chi connectivity index (χ2v) is 5.03. The number of alkyl halides is 2. The van der Waals surface area contributed by atoms with Crippen molar-refractivity contribution in [3.8, 4) is 0 Å². The summed E-state index contributed by atoms with van der Waals surface area (Å²) in [6.07, 6.45) is 1.65. The summed E-state index contributed by atoms with van der Waals surface area (Å²) in [4.78, 5) is 1.57. The molecule has 2 aliphatic rings. The fourth-order valence-corrected chi connectivity index (χ4v) is 3.42. The van der Waals surface area contributed by atoms with E-state index in [2.05, 4.69) is 0 Å². The molecule has 0 aromatic heterocycles. The molecule has 1 unspecified atom stereocenters. The maximum atomic E-state index is 13.1. The number of hydrogen-bond acceptors (Lipinski definition) is 2. The lowest BCUT2D eigenvalue weighted by Gasteiger charge is -2.31. The molecule has 0 radical (unpaired) electrons. The van der Waals surface area contributed by atoms with Gasteiger partial charge in [-0.15, -0.1) is 0 Å². The van der Waals surface area contributed by atoms with Crippen molar-refractivity contribution < 1.29 is 8.78 Å². The monoisotopic (exact) mass is 225 g/mol. The van der Waals surface area contributed by atoms with Crippen LogP contribution in [-0.4, -0.2) is 11.3 Å². The maximum Gasteiger partial charge on any atom is 0.271 e. The number of anilines is 1. The van der Waals surface area contributed by atoms with Gasteiger partial charge < -0.3 is 4.90 Å². The van der Waals surface area contributed by atoms with Crippen molar-refractivity contribution in [1.82, 2.24) is 0 Å². The van der Waals surface area contributed by atoms with Crippen molar-refractivity contribution in [3.05, 3.63) is 36.5 Å². The molecule has 0 N–H and O–H groups in total. The number of thioether (sulfide) groups is 1. The Balaban J connectivity index is 2.12. The average molecular weight is 225 g/mol. The largest absolute Gasteiger partial charge is 0.326 e. The lowest BCUT2D eigenvalue weighted by molar-refractivity contribution is 0.105. The first-order valence-corrected chi connectivity index (χ1v) is 5.58. The van der Waals surface area contributed by atoms with E-state index < -0.39 is 11.3 Å². The summed E-state index contributed by atoms with van der Waals surface area (Å²) in [5, 5.41) is 0. The van der Waals surface area contributed by atoms with Crippen LogP contribution in [0.3, 0.4) is 0 Å². The number of nitrogens with zero attached hydrogens (tertiary/aromatic N) is 1. The van der Waals surface area contributed by atoms with Crippen LogP contribution in [0.1, 0.15) is 6.42 Å². The molecule has 4 heteroatoms. The van der Waals surface area contributed by atoms with Crippen LogP contribution >= 0.6 is 11.8 Å². The quantitative estimate of drug-likeness (QED) is 0.720. The van der Waals surface area contributed by atoms with E-state index in [-0.39, 0.29) is 0 Å². The molecule has 2 heterocycles. The van der Waals surface area contributed by atoms with Gasteiger partial charge in [0.25, 0.3) is 6.43 Å². The number of fused-ring (bicyclic) bond motifs is 3. The van der Waals surface area contributed by atoms with E-state index in [0.717, 1.165) is 10.6 Å². The van der Waals surface area contributed by atoms with Gasteiger partial charge >= 0.3 is 0 Å². The SMILES string of the molecule is FC(F)C12CC=CN1c1ccccc1S2. The number of halogens is 2. The second-order valence-electron chi connectivity index (χ2n) is 3.67. The molecule has 1 aromatic rings. The maximum absolute atomic E-state index is 13.1. The van der Waals surface area contributed by atoms with Gasteiger partial charge in [-0.1, -0.05) is 30.0 Å². The lowest BCUT2D eigenvalue weighted by atomic mass is 10.2. The molecule has 0 fully saturated rings. The van der Waals surface area contributed by atoms with Crippen molar-refractivity contribution in [3.63, 3.8) is 0 Å². The van der Waals surface area contributed by atoms with Crippen molar-refractivity contribution in [2.24, 2.45) is 0 Å². The second kappa shape index (κ2) is 2.98. The fourth-order valence-electron chi connectivity index (χ4n) is 2.10. The van der Waals surface area contributed by atoms with E-state index in [1.807, 2.05) is 30.3 Å². The zero-order valence-electron chi connectivity index (χ0n) is 7.86. The van der Waals surface area contributed by atoms with Crippen LogP contribution in [0.15, 0.2) is 41.4 Å². The fraction of sp³-hybridized carbons (Fsp3) is 0.273. The average Bonchev–Trinajstić information content (AvgIpc) is 2.73. The molecule has 0 bridgehead atoms. The Hall–Kier alpha value is -1.03. The molecule has 0 saturated heterocycles. The van der Waals surface area contributed by atoms with Gasteiger partial charge in [-0.05, 0) is 12.1 Å². The predicted molar refractivity (Wildman–Crippen MR) is 57.3 cm³/mol. The smallest absolute Gasteiger partial charge is 0.271 e. The van der Waals surface area contributed by atoms with Crippen LogP contribution in [-0.2, 0) is 0 Å². The Morgan fingerprint density at radius 3 is 2.93 bits per heavy atom. The third kappa shape index (κ3) is 1.08. The highest BCUT2D eigenvalue weighted by molar-refractivity contribution is 8.01. The normalized spacial score (nSPS) is 27.3. The molecule has 1 atom stereocenters.